The Morgan fingerprint density at radius 2 is 2.00 bits per heavy atom. The van der Waals surface area contributed by atoms with Gasteiger partial charge in [0.2, 0.25) is 5.91 Å². The largest absolute Gasteiger partial charge is 0.491 e. The summed E-state index contributed by atoms with van der Waals surface area (Å²) < 4.78 is 19.6. The molecule has 0 radical (unpaired) electrons. The number of benzene rings is 2. The molecular formula is C26H25FN2O3S. The van der Waals surface area contributed by atoms with Crippen LogP contribution in [0, 0.1) is 5.82 Å². The summed E-state index contributed by atoms with van der Waals surface area (Å²) in [4.78, 5) is 30.8. The average molecular weight is 465 g/mol. The van der Waals surface area contributed by atoms with Crippen LogP contribution < -0.4 is 4.74 Å². The number of carbonyl (C=O) groups is 2. The van der Waals surface area contributed by atoms with Gasteiger partial charge in [0.1, 0.15) is 24.7 Å². The summed E-state index contributed by atoms with van der Waals surface area (Å²) in [6.07, 6.45) is 2.33. The second kappa shape index (κ2) is 10.4. The number of hydrogen-bond donors (Lipinski definition) is 0. The van der Waals surface area contributed by atoms with E-state index in [2.05, 4.69) is 6.58 Å². The summed E-state index contributed by atoms with van der Waals surface area (Å²) in [7, 11) is 0. The van der Waals surface area contributed by atoms with Gasteiger partial charge in [-0.15, -0.1) is 17.9 Å². The topological polar surface area (TPSA) is 49.9 Å². The molecule has 0 aliphatic carbocycles. The first-order chi connectivity index (χ1) is 16.1. The highest BCUT2D eigenvalue weighted by molar-refractivity contribution is 7.10. The van der Waals surface area contributed by atoms with Crippen molar-refractivity contribution in [1.82, 2.24) is 9.80 Å². The predicted molar refractivity (Wildman–Crippen MR) is 127 cm³/mol. The lowest BCUT2D eigenvalue weighted by Gasteiger charge is -2.37. The molecule has 5 nitrogen and oxygen atoms in total. The lowest BCUT2D eigenvalue weighted by Crippen LogP contribution is -2.47. The molecule has 1 aromatic heterocycles. The molecule has 7 heteroatoms. The molecule has 33 heavy (non-hydrogen) atoms. The van der Waals surface area contributed by atoms with Gasteiger partial charge in [-0.25, -0.2) is 4.39 Å². The molecule has 1 unspecified atom stereocenters. The molecule has 0 saturated carbocycles. The molecule has 1 atom stereocenters. The standard InChI is InChI=1S/C26H25FN2O3S/c1-2-13-28(26(31)19-7-6-8-20(27)16-19)17-25(30)29-14-11-24-22(12-15-33-24)23(29)18-32-21-9-4-3-5-10-21/h2-10,12,15-16,23H,1,11,13-14,17-18H2. The fraction of sp³-hybridized carbons (Fsp3) is 0.231. The minimum Gasteiger partial charge on any atom is -0.491 e. The van der Waals surface area contributed by atoms with E-state index in [4.69, 9.17) is 4.74 Å². The van der Waals surface area contributed by atoms with Gasteiger partial charge in [0.15, 0.2) is 0 Å². The summed E-state index contributed by atoms with van der Waals surface area (Å²) in [5.74, 6) is -0.347. The van der Waals surface area contributed by atoms with Crippen molar-refractivity contribution in [2.45, 2.75) is 12.5 Å². The molecule has 2 heterocycles. The van der Waals surface area contributed by atoms with Gasteiger partial charge in [-0.05, 0) is 53.8 Å². The van der Waals surface area contributed by atoms with E-state index >= 15 is 0 Å². The van der Waals surface area contributed by atoms with E-state index in [0.717, 1.165) is 17.7 Å². The molecular weight excluding hydrogens is 439 g/mol. The molecule has 0 N–H and O–H groups in total. The van der Waals surface area contributed by atoms with Crippen LogP contribution in [0.5, 0.6) is 5.75 Å². The Kier molecular flexibility index (Phi) is 7.19. The average Bonchev–Trinajstić information content (AvgIpc) is 3.31. The molecule has 2 amide bonds. The normalized spacial score (nSPS) is 14.9. The third kappa shape index (κ3) is 5.31. The Bertz CT molecular complexity index is 1130. The minimum absolute atomic E-state index is 0.122. The van der Waals surface area contributed by atoms with Crippen molar-refractivity contribution in [1.29, 1.82) is 0 Å². The second-order valence-corrected chi connectivity index (χ2v) is 8.76. The number of fused-ring (bicyclic) bond motifs is 1. The molecule has 1 aliphatic rings. The van der Waals surface area contributed by atoms with Crippen LogP contribution >= 0.6 is 11.3 Å². The lowest BCUT2D eigenvalue weighted by molar-refractivity contribution is -0.135. The van der Waals surface area contributed by atoms with E-state index in [0.29, 0.717) is 13.2 Å². The first kappa shape index (κ1) is 22.7. The van der Waals surface area contributed by atoms with Crippen LogP contribution in [0.1, 0.15) is 26.8 Å². The quantitative estimate of drug-likeness (QED) is 0.453. The van der Waals surface area contributed by atoms with Gasteiger partial charge >= 0.3 is 0 Å². The van der Waals surface area contributed by atoms with Gasteiger partial charge in [-0.2, -0.15) is 0 Å². The Hall–Kier alpha value is -3.45. The van der Waals surface area contributed by atoms with Crippen molar-refractivity contribution in [3.8, 4) is 5.75 Å². The molecule has 170 valence electrons. The van der Waals surface area contributed by atoms with Crippen molar-refractivity contribution in [3.05, 3.63) is 101 Å². The van der Waals surface area contributed by atoms with Crippen LogP contribution in [-0.4, -0.2) is 47.9 Å². The highest BCUT2D eigenvalue weighted by Crippen LogP contribution is 2.34. The number of thiophene rings is 1. The first-order valence-corrected chi connectivity index (χ1v) is 11.6. The van der Waals surface area contributed by atoms with Gasteiger partial charge in [0, 0.05) is 23.5 Å². The maximum Gasteiger partial charge on any atom is 0.254 e. The zero-order chi connectivity index (χ0) is 23.2. The lowest BCUT2D eigenvalue weighted by atomic mass is 10.0. The number of para-hydroxylation sites is 1. The Morgan fingerprint density at radius 3 is 2.76 bits per heavy atom. The van der Waals surface area contributed by atoms with E-state index in [1.54, 1.807) is 28.4 Å². The zero-order valence-corrected chi connectivity index (χ0v) is 19.0. The fourth-order valence-corrected chi connectivity index (χ4v) is 4.93. The van der Waals surface area contributed by atoms with Gasteiger partial charge in [-0.3, -0.25) is 9.59 Å². The summed E-state index contributed by atoms with van der Waals surface area (Å²) >= 11 is 1.68. The van der Waals surface area contributed by atoms with Crippen LogP contribution in [0.25, 0.3) is 0 Å². The highest BCUT2D eigenvalue weighted by atomic mass is 32.1. The van der Waals surface area contributed by atoms with Crippen LogP contribution in [0.15, 0.2) is 78.7 Å². The number of carbonyl (C=O) groups excluding carboxylic acids is 2. The third-order valence-corrected chi connectivity index (χ3v) is 6.60. The SMILES string of the molecule is C=CCN(CC(=O)N1CCc2sccc2C1COc1ccccc1)C(=O)c1cccc(F)c1. The molecule has 4 rings (SSSR count). The number of nitrogens with zero attached hydrogens (tertiary/aromatic N) is 2. The molecule has 3 aromatic rings. The number of hydrogen-bond acceptors (Lipinski definition) is 4. The maximum atomic E-state index is 13.6. The van der Waals surface area contributed by atoms with Crippen LogP contribution in [-0.2, 0) is 11.2 Å². The van der Waals surface area contributed by atoms with Crippen molar-refractivity contribution >= 4 is 23.2 Å². The fourth-order valence-electron chi connectivity index (χ4n) is 4.00. The first-order valence-electron chi connectivity index (χ1n) is 10.8. The van der Waals surface area contributed by atoms with Crippen LogP contribution in [0.3, 0.4) is 0 Å². The monoisotopic (exact) mass is 464 g/mol. The van der Waals surface area contributed by atoms with Crippen molar-refractivity contribution in [3.63, 3.8) is 0 Å². The van der Waals surface area contributed by atoms with E-state index in [1.165, 1.54) is 28.0 Å². The van der Waals surface area contributed by atoms with Crippen LogP contribution in [0.2, 0.25) is 0 Å². The van der Waals surface area contributed by atoms with E-state index in [1.807, 2.05) is 41.8 Å². The van der Waals surface area contributed by atoms with E-state index in [-0.39, 0.29) is 30.6 Å². The summed E-state index contributed by atoms with van der Waals surface area (Å²) in [5.41, 5.74) is 1.29. The minimum atomic E-state index is -0.495. The Balaban J connectivity index is 1.52. The molecule has 0 saturated heterocycles. The van der Waals surface area contributed by atoms with E-state index in [9.17, 15) is 14.0 Å². The number of ether oxygens (including phenoxy) is 1. The number of rotatable bonds is 8. The summed E-state index contributed by atoms with van der Waals surface area (Å²) in [6.45, 7) is 4.63. The molecule has 0 spiro atoms. The smallest absolute Gasteiger partial charge is 0.254 e. The Labute approximate surface area is 196 Å². The second-order valence-electron chi connectivity index (χ2n) is 7.76. The van der Waals surface area contributed by atoms with Gasteiger partial charge < -0.3 is 14.5 Å². The van der Waals surface area contributed by atoms with Crippen molar-refractivity contribution in [2.24, 2.45) is 0 Å². The molecule has 0 bridgehead atoms. The van der Waals surface area contributed by atoms with Crippen LogP contribution in [0.4, 0.5) is 4.39 Å². The molecule has 1 aliphatic heterocycles. The number of amides is 2. The number of halogens is 1. The van der Waals surface area contributed by atoms with Gasteiger partial charge in [0.05, 0.1) is 6.04 Å². The summed E-state index contributed by atoms with van der Waals surface area (Å²) in [6, 6.07) is 16.8. The highest BCUT2D eigenvalue weighted by Gasteiger charge is 2.33. The summed E-state index contributed by atoms with van der Waals surface area (Å²) in [5, 5.41) is 2.03. The van der Waals surface area contributed by atoms with Crippen molar-refractivity contribution < 1.29 is 18.7 Å². The maximum absolute atomic E-state index is 13.6. The van der Waals surface area contributed by atoms with E-state index < -0.39 is 11.7 Å². The molecule has 0 fully saturated rings. The van der Waals surface area contributed by atoms with Crippen molar-refractivity contribution in [2.75, 3.05) is 26.2 Å². The third-order valence-electron chi connectivity index (χ3n) is 5.60. The predicted octanol–water partition coefficient (Wildman–Crippen LogP) is 4.72. The molecule has 2 aromatic carbocycles. The van der Waals surface area contributed by atoms with Gasteiger partial charge in [0.25, 0.3) is 5.91 Å². The Morgan fingerprint density at radius 1 is 1.18 bits per heavy atom. The zero-order valence-electron chi connectivity index (χ0n) is 18.2. The van der Waals surface area contributed by atoms with Gasteiger partial charge in [-0.1, -0.05) is 30.3 Å².